The summed E-state index contributed by atoms with van der Waals surface area (Å²) in [4.78, 5) is 30.9. The Bertz CT molecular complexity index is 1010. The SMILES string of the molecule is O=C1N[C@H](Cc2c[nH]c3ccccc23)C(=O)N2CC[C@H](SCc3ccco3)[C@@H]12. The fourth-order valence-electron chi connectivity index (χ4n) is 4.26. The Hall–Kier alpha value is -2.67. The monoisotopic (exact) mass is 395 g/mol. The van der Waals surface area contributed by atoms with Gasteiger partial charge in [-0.1, -0.05) is 18.2 Å². The van der Waals surface area contributed by atoms with Crippen molar-refractivity contribution in [2.75, 3.05) is 6.54 Å². The number of thioether (sulfide) groups is 1. The number of nitrogens with one attached hydrogen (secondary N) is 2. The van der Waals surface area contributed by atoms with Crippen LogP contribution in [0.4, 0.5) is 0 Å². The van der Waals surface area contributed by atoms with E-state index in [1.165, 1.54) is 0 Å². The molecule has 5 rings (SSSR count). The molecule has 3 atom stereocenters. The van der Waals surface area contributed by atoms with E-state index >= 15 is 0 Å². The van der Waals surface area contributed by atoms with Crippen molar-refractivity contribution >= 4 is 34.5 Å². The lowest BCUT2D eigenvalue weighted by Gasteiger charge is -2.36. The van der Waals surface area contributed by atoms with Crippen molar-refractivity contribution in [1.82, 2.24) is 15.2 Å². The highest BCUT2D eigenvalue weighted by atomic mass is 32.2. The molecule has 28 heavy (non-hydrogen) atoms. The summed E-state index contributed by atoms with van der Waals surface area (Å²) >= 11 is 1.69. The summed E-state index contributed by atoms with van der Waals surface area (Å²) in [6, 6.07) is 10.9. The van der Waals surface area contributed by atoms with Crippen molar-refractivity contribution in [2.24, 2.45) is 0 Å². The molecule has 144 valence electrons. The van der Waals surface area contributed by atoms with E-state index in [1.54, 1.807) is 22.9 Å². The first-order valence-electron chi connectivity index (χ1n) is 9.50. The average Bonchev–Trinajstić information content (AvgIpc) is 3.44. The Morgan fingerprint density at radius 3 is 2.93 bits per heavy atom. The van der Waals surface area contributed by atoms with Crippen LogP contribution in [0.25, 0.3) is 10.9 Å². The van der Waals surface area contributed by atoms with E-state index in [2.05, 4.69) is 10.3 Å². The second kappa shape index (κ2) is 7.05. The smallest absolute Gasteiger partial charge is 0.246 e. The van der Waals surface area contributed by atoms with E-state index in [0.717, 1.165) is 28.6 Å². The lowest BCUT2D eigenvalue weighted by Crippen LogP contribution is -2.63. The first kappa shape index (κ1) is 17.4. The zero-order chi connectivity index (χ0) is 19.1. The number of furan rings is 1. The molecule has 1 aromatic carbocycles. The molecule has 0 radical (unpaired) electrons. The van der Waals surface area contributed by atoms with Gasteiger partial charge in [0.2, 0.25) is 11.8 Å². The molecular weight excluding hydrogens is 374 g/mol. The summed E-state index contributed by atoms with van der Waals surface area (Å²) in [5.41, 5.74) is 2.09. The highest BCUT2D eigenvalue weighted by molar-refractivity contribution is 7.99. The Balaban J connectivity index is 1.30. The van der Waals surface area contributed by atoms with Crippen molar-refractivity contribution in [3.63, 3.8) is 0 Å². The number of rotatable bonds is 5. The Morgan fingerprint density at radius 2 is 2.07 bits per heavy atom. The number of amides is 2. The van der Waals surface area contributed by atoms with Crippen molar-refractivity contribution in [3.8, 4) is 0 Å². The van der Waals surface area contributed by atoms with Gasteiger partial charge in [0.05, 0.1) is 12.0 Å². The number of hydrogen-bond acceptors (Lipinski definition) is 4. The third-order valence-electron chi connectivity index (χ3n) is 5.63. The average molecular weight is 395 g/mol. The highest BCUT2D eigenvalue weighted by Crippen LogP contribution is 2.34. The van der Waals surface area contributed by atoms with Crippen LogP contribution in [0.3, 0.4) is 0 Å². The molecular formula is C21H21N3O3S. The van der Waals surface area contributed by atoms with Gasteiger partial charge in [0.1, 0.15) is 17.8 Å². The van der Waals surface area contributed by atoms with Gasteiger partial charge in [-0.15, -0.1) is 11.8 Å². The summed E-state index contributed by atoms with van der Waals surface area (Å²) in [5, 5.41) is 4.18. The Morgan fingerprint density at radius 1 is 1.18 bits per heavy atom. The van der Waals surface area contributed by atoms with E-state index in [1.807, 2.05) is 42.6 Å². The molecule has 4 heterocycles. The Labute approximate surface area is 166 Å². The third-order valence-corrected chi connectivity index (χ3v) is 7.00. The van der Waals surface area contributed by atoms with Crippen LogP contribution in [0.2, 0.25) is 0 Å². The molecule has 0 unspecified atom stereocenters. The maximum absolute atomic E-state index is 13.1. The van der Waals surface area contributed by atoms with Gasteiger partial charge in [-0.3, -0.25) is 9.59 Å². The van der Waals surface area contributed by atoms with Crippen LogP contribution in [-0.2, 0) is 21.8 Å². The van der Waals surface area contributed by atoms with Crippen LogP contribution in [0, 0.1) is 0 Å². The van der Waals surface area contributed by atoms with Crippen molar-refractivity contribution in [2.45, 2.75) is 35.9 Å². The molecule has 2 aliphatic heterocycles. The standard InChI is InChI=1S/C21H21N3O3S/c25-20-19-18(28-12-14-4-3-9-27-14)7-8-24(19)21(26)17(23-20)10-13-11-22-16-6-2-1-5-15(13)16/h1-6,9,11,17-19,22H,7-8,10,12H2,(H,23,25)/t17-,18+,19+/m1/s1. The first-order valence-corrected chi connectivity index (χ1v) is 10.6. The number of H-pyrrole nitrogens is 1. The van der Waals surface area contributed by atoms with E-state index in [-0.39, 0.29) is 23.1 Å². The maximum atomic E-state index is 13.1. The zero-order valence-corrected chi connectivity index (χ0v) is 16.1. The topological polar surface area (TPSA) is 78.3 Å². The van der Waals surface area contributed by atoms with Gasteiger partial charge in [0.15, 0.2) is 0 Å². The van der Waals surface area contributed by atoms with Gasteiger partial charge in [0, 0.05) is 35.3 Å². The summed E-state index contributed by atoms with van der Waals surface area (Å²) < 4.78 is 5.38. The number of para-hydroxylation sites is 1. The molecule has 0 aliphatic carbocycles. The van der Waals surface area contributed by atoms with Crippen molar-refractivity contribution in [3.05, 3.63) is 60.2 Å². The molecule has 2 saturated heterocycles. The highest BCUT2D eigenvalue weighted by Gasteiger charge is 2.48. The van der Waals surface area contributed by atoms with Crippen molar-refractivity contribution in [1.29, 1.82) is 0 Å². The molecule has 2 aromatic heterocycles. The van der Waals surface area contributed by atoms with Gasteiger partial charge in [-0.2, -0.15) is 0 Å². The molecule has 2 amide bonds. The number of hydrogen-bond donors (Lipinski definition) is 2. The zero-order valence-electron chi connectivity index (χ0n) is 15.3. The van der Waals surface area contributed by atoms with Crippen LogP contribution in [0.5, 0.6) is 0 Å². The molecule has 0 saturated carbocycles. The summed E-state index contributed by atoms with van der Waals surface area (Å²) in [7, 11) is 0. The minimum absolute atomic E-state index is 0.0241. The molecule has 2 aliphatic rings. The molecule has 2 fully saturated rings. The number of carbonyl (C=O) groups is 2. The minimum Gasteiger partial charge on any atom is -0.468 e. The van der Waals surface area contributed by atoms with Gasteiger partial charge in [-0.05, 0) is 30.2 Å². The number of carbonyl (C=O) groups excluding carboxylic acids is 2. The molecule has 6 nitrogen and oxygen atoms in total. The number of fused-ring (bicyclic) bond motifs is 2. The molecule has 7 heteroatoms. The van der Waals surface area contributed by atoms with Gasteiger partial charge >= 0.3 is 0 Å². The fourth-order valence-corrected chi connectivity index (χ4v) is 5.53. The lowest BCUT2D eigenvalue weighted by atomic mass is 10.0. The van der Waals surface area contributed by atoms with Crippen LogP contribution in [0.1, 0.15) is 17.7 Å². The van der Waals surface area contributed by atoms with Crippen LogP contribution in [-0.4, -0.2) is 45.6 Å². The predicted octanol–water partition coefficient (Wildman–Crippen LogP) is 2.70. The van der Waals surface area contributed by atoms with Crippen molar-refractivity contribution < 1.29 is 14.0 Å². The van der Waals surface area contributed by atoms with Crippen LogP contribution in [0.15, 0.2) is 53.3 Å². The number of aromatic amines is 1. The fraction of sp³-hybridized carbons (Fsp3) is 0.333. The van der Waals surface area contributed by atoms with Crippen LogP contribution < -0.4 is 5.32 Å². The third kappa shape index (κ3) is 2.99. The van der Waals surface area contributed by atoms with Gasteiger partial charge in [-0.25, -0.2) is 0 Å². The number of piperazine rings is 1. The normalized spacial score (nSPS) is 24.6. The van der Waals surface area contributed by atoms with Gasteiger partial charge < -0.3 is 19.6 Å². The largest absolute Gasteiger partial charge is 0.468 e. The molecule has 2 N–H and O–H groups in total. The number of nitrogens with zero attached hydrogens (tertiary/aromatic N) is 1. The number of aromatic nitrogens is 1. The predicted molar refractivity (Wildman–Crippen MR) is 108 cm³/mol. The quantitative estimate of drug-likeness (QED) is 0.696. The lowest BCUT2D eigenvalue weighted by molar-refractivity contribution is -0.146. The molecule has 3 aromatic rings. The van der Waals surface area contributed by atoms with E-state index in [0.29, 0.717) is 18.7 Å². The minimum atomic E-state index is -0.503. The van der Waals surface area contributed by atoms with E-state index < -0.39 is 6.04 Å². The molecule has 0 bridgehead atoms. The summed E-state index contributed by atoms with van der Waals surface area (Å²) in [6.07, 6.45) is 4.92. The second-order valence-electron chi connectivity index (χ2n) is 7.32. The maximum Gasteiger partial charge on any atom is 0.246 e. The molecule has 0 spiro atoms. The van der Waals surface area contributed by atoms with Gasteiger partial charge in [0.25, 0.3) is 0 Å². The second-order valence-corrected chi connectivity index (χ2v) is 8.55. The van der Waals surface area contributed by atoms with E-state index in [4.69, 9.17) is 4.42 Å². The number of benzene rings is 1. The summed E-state index contributed by atoms with van der Waals surface area (Å²) in [5.74, 6) is 1.58. The van der Waals surface area contributed by atoms with Crippen LogP contribution >= 0.6 is 11.8 Å². The first-order chi connectivity index (χ1) is 13.7. The summed E-state index contributed by atoms with van der Waals surface area (Å²) in [6.45, 7) is 0.636. The Kier molecular flexibility index (Phi) is 4.39. The van der Waals surface area contributed by atoms with E-state index in [9.17, 15) is 9.59 Å².